The van der Waals surface area contributed by atoms with E-state index in [2.05, 4.69) is 24.0 Å². The van der Waals surface area contributed by atoms with E-state index in [0.29, 0.717) is 6.61 Å². The number of nitrogens with one attached hydrogen (secondary N) is 1. The lowest BCUT2D eigenvalue weighted by Gasteiger charge is -2.06. The molecule has 2 aromatic carbocycles. The van der Waals surface area contributed by atoms with Crippen LogP contribution in [0.2, 0.25) is 0 Å². The van der Waals surface area contributed by atoms with E-state index < -0.39 is 0 Å². The molecule has 1 heterocycles. The first-order chi connectivity index (χ1) is 9.24. The minimum absolute atomic E-state index is 0.246. The molecule has 0 unspecified atom stereocenters. The van der Waals surface area contributed by atoms with Gasteiger partial charge < -0.3 is 14.8 Å². The van der Waals surface area contributed by atoms with Crippen LogP contribution in [0.4, 0.5) is 0 Å². The summed E-state index contributed by atoms with van der Waals surface area (Å²) in [5.74, 6) is 0.996. The number of hydrogen-bond acceptors (Lipinski definition) is 2. The second-order valence-corrected chi connectivity index (χ2v) is 4.59. The van der Waals surface area contributed by atoms with E-state index in [-0.39, 0.29) is 5.75 Å². The quantitative estimate of drug-likeness (QED) is 0.746. The van der Waals surface area contributed by atoms with Crippen molar-refractivity contribution in [2.75, 3.05) is 0 Å². The second kappa shape index (κ2) is 4.69. The number of ether oxygens (including phenoxy) is 1. The minimum Gasteiger partial charge on any atom is -0.508 e. The number of fused-ring (bicyclic) bond motifs is 1. The Hall–Kier alpha value is -2.42. The smallest absolute Gasteiger partial charge is 0.120 e. The van der Waals surface area contributed by atoms with Crippen LogP contribution in [0.5, 0.6) is 11.5 Å². The molecule has 0 fully saturated rings. The average Bonchev–Trinajstić information content (AvgIpc) is 2.83. The number of aryl methyl sites for hydroxylation is 1. The Kier molecular flexibility index (Phi) is 2.88. The van der Waals surface area contributed by atoms with Crippen LogP contribution in [0.25, 0.3) is 10.9 Å². The number of phenols is 1. The van der Waals surface area contributed by atoms with Gasteiger partial charge in [-0.05, 0) is 42.8 Å². The van der Waals surface area contributed by atoms with Crippen molar-refractivity contribution in [3.8, 4) is 11.5 Å². The summed E-state index contributed by atoms with van der Waals surface area (Å²) in [4.78, 5) is 3.25. The minimum atomic E-state index is 0.246. The molecule has 19 heavy (non-hydrogen) atoms. The zero-order valence-electron chi connectivity index (χ0n) is 10.7. The van der Waals surface area contributed by atoms with Gasteiger partial charge in [-0.3, -0.25) is 0 Å². The van der Waals surface area contributed by atoms with Crippen molar-refractivity contribution in [1.29, 1.82) is 0 Å². The maximum atomic E-state index is 9.23. The summed E-state index contributed by atoms with van der Waals surface area (Å²) < 4.78 is 5.74. The molecular formula is C16H15NO2. The molecule has 3 rings (SSSR count). The van der Waals surface area contributed by atoms with Crippen molar-refractivity contribution < 1.29 is 9.84 Å². The molecule has 3 nitrogen and oxygen atoms in total. The van der Waals surface area contributed by atoms with Crippen LogP contribution in [0.1, 0.15) is 11.1 Å². The van der Waals surface area contributed by atoms with Gasteiger partial charge in [0.05, 0.1) is 0 Å². The summed E-state index contributed by atoms with van der Waals surface area (Å²) >= 11 is 0. The van der Waals surface area contributed by atoms with Gasteiger partial charge in [-0.15, -0.1) is 0 Å². The summed E-state index contributed by atoms with van der Waals surface area (Å²) in [5, 5.41) is 10.4. The summed E-state index contributed by atoms with van der Waals surface area (Å²) in [7, 11) is 0. The van der Waals surface area contributed by atoms with Gasteiger partial charge in [0.2, 0.25) is 0 Å². The molecular weight excluding hydrogens is 238 g/mol. The lowest BCUT2D eigenvalue weighted by molar-refractivity contribution is 0.307. The molecule has 0 saturated carbocycles. The Morgan fingerprint density at radius 2 is 1.89 bits per heavy atom. The third-order valence-corrected chi connectivity index (χ3v) is 3.23. The van der Waals surface area contributed by atoms with E-state index in [1.807, 2.05) is 12.3 Å². The molecule has 0 radical (unpaired) electrons. The Bertz CT molecular complexity index is 698. The van der Waals surface area contributed by atoms with Crippen LogP contribution in [-0.2, 0) is 6.61 Å². The first-order valence-electron chi connectivity index (χ1n) is 6.21. The number of rotatable bonds is 3. The molecule has 0 aliphatic rings. The third kappa shape index (κ3) is 2.27. The fraction of sp³-hybridized carbons (Fsp3) is 0.125. The monoisotopic (exact) mass is 253 g/mol. The summed E-state index contributed by atoms with van der Waals surface area (Å²) in [6.45, 7) is 2.61. The number of aromatic amines is 1. The normalized spacial score (nSPS) is 10.8. The molecule has 0 bridgehead atoms. The van der Waals surface area contributed by atoms with Crippen molar-refractivity contribution in [3.63, 3.8) is 0 Å². The van der Waals surface area contributed by atoms with Gasteiger partial charge in [0, 0.05) is 22.7 Å². The Balaban J connectivity index is 1.84. The molecule has 2 N–H and O–H groups in total. The van der Waals surface area contributed by atoms with Gasteiger partial charge >= 0.3 is 0 Å². The van der Waals surface area contributed by atoms with E-state index in [9.17, 15) is 5.11 Å². The van der Waals surface area contributed by atoms with Crippen molar-refractivity contribution in [2.24, 2.45) is 0 Å². The summed E-state index contributed by atoms with van der Waals surface area (Å²) in [6, 6.07) is 13.0. The number of phenolic OH excluding ortho intramolecular Hbond substituents is 1. The van der Waals surface area contributed by atoms with E-state index in [1.54, 1.807) is 24.3 Å². The van der Waals surface area contributed by atoms with Crippen molar-refractivity contribution in [3.05, 3.63) is 59.8 Å². The van der Waals surface area contributed by atoms with Crippen LogP contribution in [-0.4, -0.2) is 10.1 Å². The number of benzene rings is 2. The van der Waals surface area contributed by atoms with E-state index >= 15 is 0 Å². The van der Waals surface area contributed by atoms with Crippen molar-refractivity contribution in [1.82, 2.24) is 4.98 Å². The predicted octanol–water partition coefficient (Wildman–Crippen LogP) is 3.76. The first-order valence-corrected chi connectivity index (χ1v) is 6.21. The fourth-order valence-corrected chi connectivity index (χ4v) is 2.27. The van der Waals surface area contributed by atoms with Gasteiger partial charge in [0.15, 0.2) is 0 Å². The Labute approximate surface area is 111 Å². The lowest BCUT2D eigenvalue weighted by Crippen LogP contribution is -1.94. The Morgan fingerprint density at radius 3 is 2.68 bits per heavy atom. The van der Waals surface area contributed by atoms with Crippen molar-refractivity contribution in [2.45, 2.75) is 13.5 Å². The molecule has 3 aromatic rings. The number of H-pyrrole nitrogens is 1. The third-order valence-electron chi connectivity index (χ3n) is 3.23. The highest BCUT2D eigenvalue weighted by atomic mass is 16.5. The zero-order chi connectivity index (χ0) is 13.2. The molecule has 0 aliphatic heterocycles. The SMILES string of the molecule is Cc1cccc2[nH]cc(COc3ccc(O)cc3)c12. The van der Waals surface area contributed by atoms with Crippen molar-refractivity contribution >= 4 is 10.9 Å². The van der Waals surface area contributed by atoms with E-state index in [0.717, 1.165) is 16.8 Å². The van der Waals surface area contributed by atoms with Crippen LogP contribution in [0, 0.1) is 6.92 Å². The van der Waals surface area contributed by atoms with Gasteiger partial charge in [0.1, 0.15) is 18.1 Å². The maximum Gasteiger partial charge on any atom is 0.120 e. The highest BCUT2D eigenvalue weighted by molar-refractivity contribution is 5.86. The van der Waals surface area contributed by atoms with Crippen LogP contribution >= 0.6 is 0 Å². The molecule has 0 spiro atoms. The highest BCUT2D eigenvalue weighted by Gasteiger charge is 2.06. The number of hydrogen-bond donors (Lipinski definition) is 2. The standard InChI is InChI=1S/C16H15NO2/c1-11-3-2-4-15-16(11)12(9-17-15)10-19-14-7-5-13(18)6-8-14/h2-9,17-18H,10H2,1H3. The molecule has 96 valence electrons. The zero-order valence-corrected chi connectivity index (χ0v) is 10.7. The van der Waals surface area contributed by atoms with Crippen LogP contribution in [0.3, 0.4) is 0 Å². The largest absolute Gasteiger partial charge is 0.508 e. The van der Waals surface area contributed by atoms with Gasteiger partial charge in [-0.1, -0.05) is 12.1 Å². The molecule has 3 heteroatoms. The molecule has 0 atom stereocenters. The van der Waals surface area contributed by atoms with Gasteiger partial charge in [-0.25, -0.2) is 0 Å². The Morgan fingerprint density at radius 1 is 1.11 bits per heavy atom. The van der Waals surface area contributed by atoms with Crippen LogP contribution < -0.4 is 4.74 Å². The second-order valence-electron chi connectivity index (χ2n) is 4.59. The molecule has 0 aliphatic carbocycles. The topological polar surface area (TPSA) is 45.2 Å². The number of aromatic hydroxyl groups is 1. The van der Waals surface area contributed by atoms with E-state index in [4.69, 9.17) is 4.74 Å². The molecule has 0 saturated heterocycles. The fourth-order valence-electron chi connectivity index (χ4n) is 2.27. The first kappa shape index (κ1) is 11.7. The summed E-state index contributed by atoms with van der Waals surface area (Å²) in [5.41, 5.74) is 3.51. The average molecular weight is 253 g/mol. The van der Waals surface area contributed by atoms with E-state index in [1.165, 1.54) is 10.9 Å². The van der Waals surface area contributed by atoms with Gasteiger partial charge in [-0.2, -0.15) is 0 Å². The highest BCUT2D eigenvalue weighted by Crippen LogP contribution is 2.24. The molecule has 0 amide bonds. The summed E-state index contributed by atoms with van der Waals surface area (Å²) in [6.07, 6.45) is 1.98. The number of aromatic nitrogens is 1. The van der Waals surface area contributed by atoms with Gasteiger partial charge in [0.25, 0.3) is 0 Å². The molecule has 1 aromatic heterocycles. The predicted molar refractivity (Wildman–Crippen MR) is 75.5 cm³/mol. The van der Waals surface area contributed by atoms with Crippen LogP contribution in [0.15, 0.2) is 48.7 Å². The maximum absolute atomic E-state index is 9.23. The lowest BCUT2D eigenvalue weighted by atomic mass is 10.1.